The number of rotatable bonds is 1. The number of hydrogen-bond acceptors (Lipinski definition) is 3. The maximum atomic E-state index is 10.7. The standard InChI is InChI=1S/C32H20N2O/c33-20-21-14-16-24-25-17-15-23(35)19-29(25)32(28(24)18-21)26-10-4-6-12-30(26)34(22-8-2-1-3-9-22)31-13-7-5-11-27(31)32/h1-19,35H. The van der Waals surface area contributed by atoms with E-state index in [2.05, 4.69) is 83.8 Å². The van der Waals surface area contributed by atoms with Crippen LogP contribution in [0.2, 0.25) is 0 Å². The Kier molecular flexibility index (Phi) is 3.98. The van der Waals surface area contributed by atoms with Gasteiger partial charge < -0.3 is 10.0 Å². The molecular weight excluding hydrogens is 428 g/mol. The van der Waals surface area contributed by atoms with Crippen molar-refractivity contribution in [1.29, 1.82) is 5.26 Å². The fourth-order valence-corrected chi connectivity index (χ4v) is 6.06. The van der Waals surface area contributed by atoms with E-state index in [0.29, 0.717) is 5.56 Å². The first-order chi connectivity index (χ1) is 17.2. The van der Waals surface area contributed by atoms with Gasteiger partial charge in [0.2, 0.25) is 0 Å². The summed E-state index contributed by atoms with van der Waals surface area (Å²) in [6.45, 7) is 0. The van der Waals surface area contributed by atoms with Gasteiger partial charge in [-0.05, 0) is 81.9 Å². The molecule has 7 rings (SSSR count). The Labute approximate surface area is 203 Å². The molecule has 0 radical (unpaired) electrons. The fourth-order valence-electron chi connectivity index (χ4n) is 6.06. The summed E-state index contributed by atoms with van der Waals surface area (Å²) in [6, 6.07) is 41.3. The Hall–Kier alpha value is -4.81. The first kappa shape index (κ1) is 19.6. The molecule has 1 spiro atoms. The van der Waals surface area contributed by atoms with E-state index in [0.717, 1.165) is 50.4 Å². The number of fused-ring (bicyclic) bond motifs is 9. The van der Waals surface area contributed by atoms with Crippen LogP contribution in [0.1, 0.15) is 27.8 Å². The van der Waals surface area contributed by atoms with E-state index in [-0.39, 0.29) is 5.75 Å². The zero-order chi connectivity index (χ0) is 23.6. The average molecular weight is 449 g/mol. The molecule has 1 aliphatic heterocycles. The van der Waals surface area contributed by atoms with Crippen LogP contribution in [0.5, 0.6) is 5.75 Å². The first-order valence-corrected chi connectivity index (χ1v) is 11.7. The molecule has 0 bridgehead atoms. The largest absolute Gasteiger partial charge is 0.508 e. The topological polar surface area (TPSA) is 47.3 Å². The second-order valence-electron chi connectivity index (χ2n) is 9.06. The van der Waals surface area contributed by atoms with E-state index in [9.17, 15) is 10.4 Å². The Morgan fingerprint density at radius 1 is 0.600 bits per heavy atom. The van der Waals surface area contributed by atoms with Crippen LogP contribution >= 0.6 is 0 Å². The third-order valence-electron chi connectivity index (χ3n) is 7.36. The minimum Gasteiger partial charge on any atom is -0.508 e. The monoisotopic (exact) mass is 448 g/mol. The number of hydrogen-bond donors (Lipinski definition) is 1. The molecule has 1 heterocycles. The van der Waals surface area contributed by atoms with E-state index in [1.54, 1.807) is 6.07 Å². The van der Waals surface area contributed by atoms with Crippen molar-refractivity contribution >= 4 is 17.1 Å². The van der Waals surface area contributed by atoms with Crippen LogP contribution in [0.15, 0.2) is 115 Å². The van der Waals surface area contributed by atoms with Gasteiger partial charge in [0, 0.05) is 5.69 Å². The molecule has 1 N–H and O–H groups in total. The molecule has 3 nitrogen and oxygen atoms in total. The van der Waals surface area contributed by atoms with Crippen molar-refractivity contribution in [3.05, 3.63) is 143 Å². The number of aromatic hydroxyl groups is 1. The number of phenols is 1. The summed E-state index contributed by atoms with van der Waals surface area (Å²) < 4.78 is 0. The van der Waals surface area contributed by atoms with E-state index in [1.807, 2.05) is 36.4 Å². The number of para-hydroxylation sites is 3. The Morgan fingerprint density at radius 3 is 1.83 bits per heavy atom. The Morgan fingerprint density at radius 2 is 1.17 bits per heavy atom. The van der Waals surface area contributed by atoms with Crippen molar-refractivity contribution in [3.8, 4) is 22.9 Å². The lowest BCUT2D eigenvalue weighted by molar-refractivity contribution is 0.474. The summed E-state index contributed by atoms with van der Waals surface area (Å²) in [5.74, 6) is 0.233. The molecule has 3 heteroatoms. The fraction of sp³-hybridized carbons (Fsp3) is 0.0312. The predicted molar refractivity (Wildman–Crippen MR) is 138 cm³/mol. The second kappa shape index (κ2) is 7.09. The van der Waals surface area contributed by atoms with Crippen molar-refractivity contribution in [2.75, 3.05) is 4.90 Å². The summed E-state index contributed by atoms with van der Waals surface area (Å²) in [5, 5.41) is 20.5. The molecule has 0 saturated carbocycles. The summed E-state index contributed by atoms with van der Waals surface area (Å²) in [6.07, 6.45) is 0. The van der Waals surface area contributed by atoms with Gasteiger partial charge in [0.1, 0.15) is 5.75 Å². The zero-order valence-corrected chi connectivity index (χ0v) is 18.8. The smallest absolute Gasteiger partial charge is 0.115 e. The molecule has 35 heavy (non-hydrogen) atoms. The van der Waals surface area contributed by atoms with Crippen LogP contribution in [0.4, 0.5) is 17.1 Å². The normalized spacial score (nSPS) is 14.0. The highest BCUT2D eigenvalue weighted by Gasteiger charge is 2.51. The van der Waals surface area contributed by atoms with E-state index >= 15 is 0 Å². The quantitative estimate of drug-likeness (QED) is 0.284. The summed E-state index contributed by atoms with van der Waals surface area (Å²) in [4.78, 5) is 2.31. The van der Waals surface area contributed by atoms with E-state index < -0.39 is 5.41 Å². The molecule has 2 aliphatic rings. The van der Waals surface area contributed by atoms with Crippen LogP contribution in [0.3, 0.4) is 0 Å². The van der Waals surface area contributed by atoms with Gasteiger partial charge in [-0.3, -0.25) is 0 Å². The van der Waals surface area contributed by atoms with Gasteiger partial charge in [-0.25, -0.2) is 0 Å². The van der Waals surface area contributed by atoms with Gasteiger partial charge in [-0.1, -0.05) is 66.7 Å². The van der Waals surface area contributed by atoms with Crippen LogP contribution in [-0.2, 0) is 5.41 Å². The molecule has 0 atom stereocenters. The number of nitriles is 1. The Balaban J connectivity index is 1.68. The zero-order valence-electron chi connectivity index (χ0n) is 18.8. The lowest BCUT2D eigenvalue weighted by atomic mass is 9.64. The second-order valence-corrected chi connectivity index (χ2v) is 9.06. The van der Waals surface area contributed by atoms with Gasteiger partial charge in [0.15, 0.2) is 0 Å². The first-order valence-electron chi connectivity index (χ1n) is 11.7. The molecule has 0 aromatic heterocycles. The van der Waals surface area contributed by atoms with Crippen LogP contribution in [-0.4, -0.2) is 5.11 Å². The maximum Gasteiger partial charge on any atom is 0.115 e. The number of nitrogens with zero attached hydrogens (tertiary/aromatic N) is 2. The molecule has 0 saturated heterocycles. The van der Waals surface area contributed by atoms with Crippen molar-refractivity contribution in [2.45, 2.75) is 5.41 Å². The van der Waals surface area contributed by atoms with Gasteiger partial charge in [-0.15, -0.1) is 0 Å². The van der Waals surface area contributed by atoms with Crippen LogP contribution < -0.4 is 4.90 Å². The minimum absolute atomic E-state index is 0.233. The lowest BCUT2D eigenvalue weighted by Crippen LogP contribution is -2.36. The van der Waals surface area contributed by atoms with Crippen LogP contribution in [0.25, 0.3) is 11.1 Å². The predicted octanol–water partition coefficient (Wildman–Crippen LogP) is 7.41. The summed E-state index contributed by atoms with van der Waals surface area (Å²) in [7, 11) is 0. The van der Waals surface area contributed by atoms with Crippen molar-refractivity contribution in [1.82, 2.24) is 0 Å². The average Bonchev–Trinajstić information content (AvgIpc) is 3.19. The number of benzene rings is 5. The van der Waals surface area contributed by atoms with Gasteiger partial charge in [0.05, 0.1) is 28.4 Å². The van der Waals surface area contributed by atoms with Gasteiger partial charge in [0.25, 0.3) is 0 Å². The Bertz CT molecular complexity index is 1630. The van der Waals surface area contributed by atoms with Crippen molar-refractivity contribution < 1.29 is 5.11 Å². The molecule has 5 aromatic carbocycles. The molecule has 1 aliphatic carbocycles. The number of anilines is 3. The highest BCUT2D eigenvalue weighted by Crippen LogP contribution is 2.63. The molecule has 0 amide bonds. The molecule has 0 fully saturated rings. The molecule has 5 aromatic rings. The maximum absolute atomic E-state index is 10.7. The van der Waals surface area contributed by atoms with Gasteiger partial charge in [-0.2, -0.15) is 5.26 Å². The van der Waals surface area contributed by atoms with E-state index in [1.165, 1.54) is 0 Å². The third kappa shape index (κ3) is 2.48. The summed E-state index contributed by atoms with van der Waals surface area (Å²) >= 11 is 0. The van der Waals surface area contributed by atoms with Crippen molar-refractivity contribution in [3.63, 3.8) is 0 Å². The minimum atomic E-state index is -0.658. The molecule has 0 unspecified atom stereocenters. The molecular formula is C32H20N2O. The SMILES string of the molecule is N#Cc1ccc2c(c1)C1(c3cc(O)ccc3-2)c2ccccc2N(c2ccccc2)c2ccccc21. The number of phenolic OH excluding ortho intramolecular Hbond substituents is 1. The van der Waals surface area contributed by atoms with Crippen LogP contribution in [0, 0.1) is 11.3 Å². The third-order valence-corrected chi connectivity index (χ3v) is 7.36. The summed E-state index contributed by atoms with van der Waals surface area (Å²) in [5.41, 5.74) is 9.77. The molecule has 164 valence electrons. The highest BCUT2D eigenvalue weighted by atomic mass is 16.3. The highest BCUT2D eigenvalue weighted by molar-refractivity contribution is 5.96. The van der Waals surface area contributed by atoms with E-state index in [4.69, 9.17) is 0 Å². The van der Waals surface area contributed by atoms with Crippen molar-refractivity contribution in [2.24, 2.45) is 0 Å². The van der Waals surface area contributed by atoms with Gasteiger partial charge >= 0.3 is 0 Å². The lowest BCUT2D eigenvalue weighted by Gasteiger charge is -2.45.